The molecule has 0 bridgehead atoms. The Balaban J connectivity index is 2.22. The number of hydrogen-bond acceptors (Lipinski definition) is 4. The zero-order valence-electron chi connectivity index (χ0n) is 9.25. The van der Waals surface area contributed by atoms with E-state index in [4.69, 9.17) is 22.5 Å². The minimum atomic E-state index is 0.0651. The lowest BCUT2D eigenvalue weighted by molar-refractivity contribution is 0.318. The zero-order valence-corrected chi connectivity index (χ0v) is 10.8. The second-order valence-electron chi connectivity index (χ2n) is 3.42. The smallest absolute Gasteiger partial charge is 0.170 e. The predicted octanol–water partition coefficient (Wildman–Crippen LogP) is 2.98. The summed E-state index contributed by atoms with van der Waals surface area (Å²) >= 11 is 7.29. The van der Waals surface area contributed by atoms with Gasteiger partial charge in [0.2, 0.25) is 0 Å². The van der Waals surface area contributed by atoms with Gasteiger partial charge in [-0.25, -0.2) is 4.98 Å². The number of benzene rings is 1. The second-order valence-corrected chi connectivity index (χ2v) is 4.95. The van der Waals surface area contributed by atoms with Crippen molar-refractivity contribution in [1.29, 1.82) is 0 Å². The van der Waals surface area contributed by atoms with E-state index in [1.807, 2.05) is 24.3 Å². The fraction of sp³-hybridized carbons (Fsp3) is 0. The lowest BCUT2D eigenvalue weighted by atomic mass is 10.2. The summed E-state index contributed by atoms with van der Waals surface area (Å²) in [5.74, 6) is 0.0651. The van der Waals surface area contributed by atoms with E-state index >= 15 is 0 Å². The molecule has 0 amide bonds. The maximum Gasteiger partial charge on any atom is 0.170 e. The molecule has 0 saturated heterocycles. The number of nitrogens with zero attached hydrogens (tertiary/aromatic N) is 2. The van der Waals surface area contributed by atoms with E-state index < -0.39 is 0 Å². The summed E-state index contributed by atoms with van der Waals surface area (Å²) in [6.45, 7) is 0. The molecule has 6 heteroatoms. The molecule has 0 atom stereocenters. The fourth-order valence-electron chi connectivity index (χ4n) is 1.31. The normalized spacial score (nSPS) is 11.5. The van der Waals surface area contributed by atoms with Gasteiger partial charge in [0.05, 0.1) is 0 Å². The average Bonchev–Trinajstić information content (AvgIpc) is 2.41. The summed E-state index contributed by atoms with van der Waals surface area (Å²) in [5, 5.41) is 13.0. The Morgan fingerprint density at radius 3 is 2.67 bits per heavy atom. The van der Waals surface area contributed by atoms with Crippen molar-refractivity contribution in [2.75, 3.05) is 0 Å². The minimum Gasteiger partial charge on any atom is -0.409 e. The molecule has 3 N–H and O–H groups in total. The lowest BCUT2D eigenvalue weighted by Crippen LogP contribution is -2.13. The van der Waals surface area contributed by atoms with Gasteiger partial charge >= 0.3 is 0 Å². The van der Waals surface area contributed by atoms with Crippen LogP contribution in [0.25, 0.3) is 0 Å². The highest BCUT2D eigenvalue weighted by Crippen LogP contribution is 2.27. The van der Waals surface area contributed by atoms with Crippen molar-refractivity contribution in [2.24, 2.45) is 10.9 Å². The summed E-state index contributed by atoms with van der Waals surface area (Å²) in [4.78, 5) is 5.23. The maximum atomic E-state index is 8.62. The Morgan fingerprint density at radius 1 is 1.28 bits per heavy atom. The standard InChI is InChI=1S/C12H10ClN3OS/c13-9-1-3-10(4-2-9)18-11-7-8(5-6-15-11)12(14)16-17/h1-7,17H,(H2,14,16). The van der Waals surface area contributed by atoms with E-state index in [0.29, 0.717) is 10.6 Å². The third kappa shape index (κ3) is 3.15. The first-order valence-electron chi connectivity index (χ1n) is 5.06. The molecule has 1 aromatic heterocycles. The van der Waals surface area contributed by atoms with Gasteiger partial charge < -0.3 is 10.9 Å². The topological polar surface area (TPSA) is 71.5 Å². The number of aromatic nitrogens is 1. The molecule has 4 nitrogen and oxygen atoms in total. The lowest BCUT2D eigenvalue weighted by Gasteiger charge is -2.03. The van der Waals surface area contributed by atoms with Gasteiger partial charge in [0.1, 0.15) is 5.03 Å². The van der Waals surface area contributed by atoms with Crippen molar-refractivity contribution in [1.82, 2.24) is 4.98 Å². The largest absolute Gasteiger partial charge is 0.409 e. The number of pyridine rings is 1. The Kier molecular flexibility index (Phi) is 4.07. The van der Waals surface area contributed by atoms with Gasteiger partial charge in [-0.15, -0.1) is 0 Å². The third-order valence-corrected chi connectivity index (χ3v) is 3.37. The summed E-state index contributed by atoms with van der Waals surface area (Å²) < 4.78 is 0. The van der Waals surface area contributed by atoms with Crippen LogP contribution >= 0.6 is 23.4 Å². The molecule has 0 aliphatic rings. The van der Waals surface area contributed by atoms with Crippen LogP contribution in [0.1, 0.15) is 5.56 Å². The van der Waals surface area contributed by atoms with Crippen LogP contribution in [0.2, 0.25) is 5.02 Å². The van der Waals surface area contributed by atoms with Crippen molar-refractivity contribution in [2.45, 2.75) is 9.92 Å². The van der Waals surface area contributed by atoms with Crippen molar-refractivity contribution in [3.8, 4) is 0 Å². The first-order chi connectivity index (χ1) is 8.69. The van der Waals surface area contributed by atoms with Crippen LogP contribution in [0.3, 0.4) is 0 Å². The molecule has 0 unspecified atom stereocenters. The third-order valence-electron chi connectivity index (χ3n) is 2.17. The maximum absolute atomic E-state index is 8.62. The molecule has 2 aromatic rings. The van der Waals surface area contributed by atoms with Gasteiger partial charge in [0.15, 0.2) is 5.84 Å². The van der Waals surface area contributed by atoms with Crippen LogP contribution in [0.4, 0.5) is 0 Å². The highest BCUT2D eigenvalue weighted by Gasteiger charge is 2.03. The summed E-state index contributed by atoms with van der Waals surface area (Å²) in [7, 11) is 0. The molecule has 0 radical (unpaired) electrons. The van der Waals surface area contributed by atoms with E-state index in [0.717, 1.165) is 9.92 Å². The van der Waals surface area contributed by atoms with Crippen molar-refractivity contribution >= 4 is 29.2 Å². The second kappa shape index (κ2) is 5.75. The average molecular weight is 280 g/mol. The number of halogens is 1. The van der Waals surface area contributed by atoms with Crippen LogP contribution < -0.4 is 5.73 Å². The molecule has 92 valence electrons. The SMILES string of the molecule is N/C(=N\O)c1ccnc(Sc2ccc(Cl)cc2)c1. The molecule has 1 aromatic carbocycles. The molecule has 0 fully saturated rings. The Morgan fingerprint density at radius 2 is 2.00 bits per heavy atom. The van der Waals surface area contributed by atoms with Crippen LogP contribution in [-0.2, 0) is 0 Å². The molecular formula is C12H10ClN3OS. The summed E-state index contributed by atoms with van der Waals surface area (Å²) in [6.07, 6.45) is 1.62. The van der Waals surface area contributed by atoms with Crippen molar-refractivity contribution in [3.05, 3.63) is 53.2 Å². The first-order valence-corrected chi connectivity index (χ1v) is 6.26. The Labute approximate surface area is 113 Å². The van der Waals surface area contributed by atoms with Gasteiger partial charge in [-0.05, 0) is 36.4 Å². The summed E-state index contributed by atoms with van der Waals surface area (Å²) in [5.41, 5.74) is 6.15. The van der Waals surface area contributed by atoms with E-state index in [9.17, 15) is 0 Å². The Hall–Kier alpha value is -1.72. The molecule has 18 heavy (non-hydrogen) atoms. The van der Waals surface area contributed by atoms with Crippen LogP contribution in [0.15, 0.2) is 57.7 Å². The molecule has 0 aliphatic carbocycles. The van der Waals surface area contributed by atoms with E-state index in [1.165, 1.54) is 11.8 Å². The number of hydrogen-bond donors (Lipinski definition) is 2. The zero-order chi connectivity index (χ0) is 13.0. The molecule has 0 aliphatic heterocycles. The number of amidine groups is 1. The molecule has 1 heterocycles. The van der Waals surface area contributed by atoms with Gasteiger partial charge in [-0.1, -0.05) is 28.5 Å². The van der Waals surface area contributed by atoms with E-state index in [1.54, 1.807) is 18.3 Å². The van der Waals surface area contributed by atoms with Gasteiger partial charge in [0, 0.05) is 21.7 Å². The van der Waals surface area contributed by atoms with E-state index in [-0.39, 0.29) is 5.84 Å². The van der Waals surface area contributed by atoms with E-state index in [2.05, 4.69) is 10.1 Å². The predicted molar refractivity (Wildman–Crippen MR) is 72.3 cm³/mol. The number of rotatable bonds is 3. The monoisotopic (exact) mass is 279 g/mol. The minimum absolute atomic E-state index is 0.0651. The fourth-order valence-corrected chi connectivity index (χ4v) is 2.24. The molecule has 2 rings (SSSR count). The first kappa shape index (κ1) is 12.7. The summed E-state index contributed by atoms with van der Waals surface area (Å²) in [6, 6.07) is 10.9. The highest BCUT2D eigenvalue weighted by molar-refractivity contribution is 7.99. The van der Waals surface area contributed by atoms with Crippen molar-refractivity contribution < 1.29 is 5.21 Å². The van der Waals surface area contributed by atoms with Crippen molar-refractivity contribution in [3.63, 3.8) is 0 Å². The van der Waals surface area contributed by atoms with Crippen LogP contribution in [0.5, 0.6) is 0 Å². The van der Waals surface area contributed by atoms with Gasteiger partial charge in [-0.3, -0.25) is 0 Å². The van der Waals surface area contributed by atoms with Crippen LogP contribution in [-0.4, -0.2) is 16.0 Å². The number of nitrogens with two attached hydrogens (primary N) is 1. The molecular weight excluding hydrogens is 270 g/mol. The highest BCUT2D eigenvalue weighted by atomic mass is 35.5. The number of oxime groups is 1. The quantitative estimate of drug-likeness (QED) is 0.392. The van der Waals surface area contributed by atoms with Gasteiger partial charge in [0.25, 0.3) is 0 Å². The Bertz CT molecular complexity index is 572. The molecule has 0 spiro atoms. The molecule has 0 saturated carbocycles. The van der Waals surface area contributed by atoms with Crippen LogP contribution in [0, 0.1) is 0 Å². The van der Waals surface area contributed by atoms with Gasteiger partial charge in [-0.2, -0.15) is 0 Å².